The zero-order chi connectivity index (χ0) is 10.8. The molecule has 2 aliphatic rings. The van der Waals surface area contributed by atoms with Crippen molar-refractivity contribution in [3.8, 4) is 0 Å². The fourth-order valence-electron chi connectivity index (χ4n) is 2.33. The summed E-state index contributed by atoms with van der Waals surface area (Å²) in [4.78, 5) is 25.0. The summed E-state index contributed by atoms with van der Waals surface area (Å²) < 4.78 is 0. The number of amides is 2. The van der Waals surface area contributed by atoms with Crippen molar-refractivity contribution in [1.82, 2.24) is 9.80 Å². The van der Waals surface area contributed by atoms with Gasteiger partial charge in [0.2, 0.25) is 5.91 Å². The highest BCUT2D eigenvalue weighted by molar-refractivity contribution is 5.96. The third kappa shape index (κ3) is 2.12. The molecular formula is C10H16N2O3. The van der Waals surface area contributed by atoms with Gasteiger partial charge in [-0.25, -0.2) is 9.69 Å². The quantitative estimate of drug-likeness (QED) is 0.686. The predicted molar refractivity (Wildman–Crippen MR) is 53.6 cm³/mol. The van der Waals surface area contributed by atoms with Gasteiger partial charge in [-0.15, -0.1) is 0 Å². The number of rotatable bonds is 2. The van der Waals surface area contributed by atoms with Gasteiger partial charge < -0.3 is 10.0 Å². The Bertz CT molecular complexity index is 266. The van der Waals surface area contributed by atoms with Gasteiger partial charge in [0.15, 0.2) is 0 Å². The van der Waals surface area contributed by atoms with Crippen LogP contribution in [-0.4, -0.2) is 52.6 Å². The van der Waals surface area contributed by atoms with Crippen LogP contribution in [0, 0.1) is 0 Å². The number of hydrogen-bond donors (Lipinski definition) is 1. The molecule has 0 radical (unpaired) electrons. The van der Waals surface area contributed by atoms with E-state index in [9.17, 15) is 9.59 Å². The molecule has 0 aliphatic carbocycles. The Balaban J connectivity index is 1.84. The topological polar surface area (TPSA) is 60.9 Å². The smallest absolute Gasteiger partial charge is 0.414 e. The summed E-state index contributed by atoms with van der Waals surface area (Å²) in [5, 5.41) is 8.79. The fourth-order valence-corrected chi connectivity index (χ4v) is 2.33. The fraction of sp³-hybridized carbons (Fsp3) is 0.800. The van der Waals surface area contributed by atoms with Gasteiger partial charge in [-0.3, -0.25) is 4.79 Å². The molecule has 1 atom stereocenters. The van der Waals surface area contributed by atoms with Gasteiger partial charge in [-0.05, 0) is 25.9 Å². The van der Waals surface area contributed by atoms with Crippen LogP contribution in [0.1, 0.15) is 25.7 Å². The van der Waals surface area contributed by atoms with Crippen molar-refractivity contribution in [2.45, 2.75) is 31.7 Å². The van der Waals surface area contributed by atoms with Crippen LogP contribution >= 0.6 is 0 Å². The lowest BCUT2D eigenvalue weighted by Crippen LogP contribution is -2.59. The molecule has 2 heterocycles. The first kappa shape index (κ1) is 10.4. The average Bonchev–Trinajstić information content (AvgIpc) is 2.17. The summed E-state index contributed by atoms with van der Waals surface area (Å²) in [7, 11) is 0. The molecule has 0 spiro atoms. The summed E-state index contributed by atoms with van der Waals surface area (Å²) in [6, 6.07) is -0.104. The highest BCUT2D eigenvalue weighted by Gasteiger charge is 2.41. The van der Waals surface area contributed by atoms with E-state index in [-0.39, 0.29) is 11.9 Å². The third-order valence-electron chi connectivity index (χ3n) is 3.17. The van der Waals surface area contributed by atoms with Crippen LogP contribution < -0.4 is 0 Å². The van der Waals surface area contributed by atoms with Gasteiger partial charge in [0.1, 0.15) is 0 Å². The number of hydrogen-bond acceptors (Lipinski definition) is 3. The molecule has 0 aromatic rings. The Morgan fingerprint density at radius 2 is 2.00 bits per heavy atom. The second kappa shape index (κ2) is 4.18. The molecule has 2 aliphatic heterocycles. The van der Waals surface area contributed by atoms with Crippen LogP contribution in [0.4, 0.5) is 4.79 Å². The first-order valence-corrected chi connectivity index (χ1v) is 5.46. The normalized spacial score (nSPS) is 27.6. The van der Waals surface area contributed by atoms with E-state index in [0.29, 0.717) is 6.42 Å². The van der Waals surface area contributed by atoms with E-state index in [1.54, 1.807) is 0 Å². The Morgan fingerprint density at radius 3 is 2.53 bits per heavy atom. The van der Waals surface area contributed by atoms with Crippen LogP contribution in [0.3, 0.4) is 0 Å². The molecule has 2 fully saturated rings. The minimum Gasteiger partial charge on any atom is -0.465 e. The number of piperidine rings is 1. The predicted octanol–water partition coefficient (Wildman–Crippen LogP) is 0.751. The van der Waals surface area contributed by atoms with Gasteiger partial charge >= 0.3 is 6.09 Å². The van der Waals surface area contributed by atoms with E-state index in [0.717, 1.165) is 24.5 Å². The van der Waals surface area contributed by atoms with Crippen LogP contribution in [-0.2, 0) is 4.79 Å². The van der Waals surface area contributed by atoms with Crippen molar-refractivity contribution in [2.75, 3.05) is 19.6 Å². The van der Waals surface area contributed by atoms with E-state index in [4.69, 9.17) is 5.11 Å². The summed E-state index contributed by atoms with van der Waals surface area (Å²) in [6.45, 7) is 2.80. The Hall–Kier alpha value is -1.10. The summed E-state index contributed by atoms with van der Waals surface area (Å²) in [5.41, 5.74) is 0. The van der Waals surface area contributed by atoms with Crippen LogP contribution in [0.2, 0.25) is 0 Å². The van der Waals surface area contributed by atoms with Crippen LogP contribution in [0.15, 0.2) is 0 Å². The van der Waals surface area contributed by atoms with Crippen molar-refractivity contribution in [3.63, 3.8) is 0 Å². The molecule has 1 unspecified atom stereocenters. The largest absolute Gasteiger partial charge is 0.465 e. The number of imide groups is 1. The molecule has 0 saturated carbocycles. The maximum atomic E-state index is 11.1. The van der Waals surface area contributed by atoms with Gasteiger partial charge in [0, 0.05) is 13.0 Å². The van der Waals surface area contributed by atoms with Crippen LogP contribution in [0.5, 0.6) is 0 Å². The maximum Gasteiger partial charge on any atom is 0.414 e. The lowest BCUT2D eigenvalue weighted by Gasteiger charge is -2.40. The molecule has 5 nitrogen and oxygen atoms in total. The van der Waals surface area contributed by atoms with E-state index < -0.39 is 6.09 Å². The first-order valence-electron chi connectivity index (χ1n) is 5.46. The molecule has 0 aromatic heterocycles. The summed E-state index contributed by atoms with van der Waals surface area (Å²) in [6.07, 6.45) is 2.93. The number of likely N-dealkylation sites (tertiary alicyclic amines) is 2. The lowest BCUT2D eigenvalue weighted by molar-refractivity contribution is -0.143. The van der Waals surface area contributed by atoms with Crippen LogP contribution in [0.25, 0.3) is 0 Å². The first-order chi connectivity index (χ1) is 7.18. The standard InChI is InChI=1S/C10H16N2O3/c13-9-6-8(12(9)10(14)15)7-11-4-2-1-3-5-11/h8H,1-7H2,(H,14,15). The van der Waals surface area contributed by atoms with Gasteiger partial charge in [-0.1, -0.05) is 6.42 Å². The minimum absolute atomic E-state index is 0.104. The zero-order valence-electron chi connectivity index (χ0n) is 8.69. The Morgan fingerprint density at radius 1 is 1.33 bits per heavy atom. The second-order valence-electron chi connectivity index (χ2n) is 4.27. The van der Waals surface area contributed by atoms with Crippen molar-refractivity contribution in [2.24, 2.45) is 0 Å². The minimum atomic E-state index is -1.10. The SMILES string of the molecule is O=C(O)N1C(=O)CC1CN1CCCCC1. The van der Waals surface area contributed by atoms with E-state index in [1.165, 1.54) is 19.3 Å². The lowest BCUT2D eigenvalue weighted by atomic mass is 10.0. The number of carboxylic acid groups (broad SMARTS) is 1. The van der Waals surface area contributed by atoms with E-state index in [2.05, 4.69) is 4.90 Å². The number of β-lactam (4-membered cyclic amide) rings is 1. The molecule has 84 valence electrons. The summed E-state index contributed by atoms with van der Waals surface area (Å²) in [5.74, 6) is -0.260. The van der Waals surface area contributed by atoms with Gasteiger partial charge in [0.25, 0.3) is 0 Å². The summed E-state index contributed by atoms with van der Waals surface area (Å²) >= 11 is 0. The third-order valence-corrected chi connectivity index (χ3v) is 3.17. The monoisotopic (exact) mass is 212 g/mol. The molecule has 2 saturated heterocycles. The number of carbonyl (C=O) groups excluding carboxylic acids is 1. The van der Waals surface area contributed by atoms with Crippen molar-refractivity contribution in [1.29, 1.82) is 0 Å². The second-order valence-corrected chi connectivity index (χ2v) is 4.27. The molecule has 2 rings (SSSR count). The molecule has 15 heavy (non-hydrogen) atoms. The van der Waals surface area contributed by atoms with E-state index in [1.807, 2.05) is 0 Å². The molecule has 2 amide bonds. The molecule has 0 aromatic carbocycles. The Kier molecular flexibility index (Phi) is 2.90. The number of carbonyl (C=O) groups is 2. The van der Waals surface area contributed by atoms with Crippen molar-refractivity contribution < 1.29 is 14.7 Å². The van der Waals surface area contributed by atoms with Crippen molar-refractivity contribution >= 4 is 12.0 Å². The van der Waals surface area contributed by atoms with Gasteiger partial charge in [-0.2, -0.15) is 0 Å². The number of nitrogens with zero attached hydrogens (tertiary/aromatic N) is 2. The average molecular weight is 212 g/mol. The van der Waals surface area contributed by atoms with Gasteiger partial charge in [0.05, 0.1) is 6.04 Å². The molecule has 5 heteroatoms. The molecular weight excluding hydrogens is 196 g/mol. The van der Waals surface area contributed by atoms with E-state index >= 15 is 0 Å². The molecule has 0 bridgehead atoms. The zero-order valence-corrected chi connectivity index (χ0v) is 8.69. The Labute approximate surface area is 88.6 Å². The molecule has 1 N–H and O–H groups in total. The van der Waals surface area contributed by atoms with Crippen molar-refractivity contribution in [3.05, 3.63) is 0 Å². The highest BCUT2D eigenvalue weighted by atomic mass is 16.4. The maximum absolute atomic E-state index is 11.1. The highest BCUT2D eigenvalue weighted by Crippen LogP contribution is 2.21.